The Morgan fingerprint density at radius 1 is 1.19 bits per heavy atom. The molecular weight excluding hydrogens is 420 g/mol. The van der Waals surface area contributed by atoms with Crippen molar-refractivity contribution < 1.29 is 9.66 Å². The van der Waals surface area contributed by atoms with Crippen molar-refractivity contribution in [1.29, 1.82) is 0 Å². The summed E-state index contributed by atoms with van der Waals surface area (Å²) in [5.74, 6) is 0.635. The van der Waals surface area contributed by atoms with Gasteiger partial charge >= 0.3 is 5.56 Å². The Morgan fingerprint density at radius 3 is 2.77 bits per heavy atom. The number of methoxy groups -OCH3 is 1. The third-order valence-corrected chi connectivity index (χ3v) is 5.22. The van der Waals surface area contributed by atoms with Gasteiger partial charge in [-0.1, -0.05) is 18.2 Å². The fourth-order valence-electron chi connectivity index (χ4n) is 2.85. The van der Waals surface area contributed by atoms with Crippen LogP contribution in [0.5, 0.6) is 5.75 Å². The largest absolute Gasteiger partial charge is 0.497 e. The van der Waals surface area contributed by atoms with Crippen molar-refractivity contribution in [2.24, 2.45) is 10.2 Å². The topological polar surface area (TPSA) is 128 Å². The molecular formula is C20H16N6O4S. The van der Waals surface area contributed by atoms with Crippen molar-refractivity contribution >= 4 is 28.4 Å². The number of ether oxygens (including phenoxy) is 1. The maximum absolute atomic E-state index is 12.9. The van der Waals surface area contributed by atoms with E-state index in [-0.39, 0.29) is 11.4 Å². The van der Waals surface area contributed by atoms with E-state index in [0.29, 0.717) is 33.5 Å². The number of nitro groups is 1. The van der Waals surface area contributed by atoms with Crippen LogP contribution in [0.25, 0.3) is 16.4 Å². The van der Waals surface area contributed by atoms with E-state index in [4.69, 9.17) is 4.74 Å². The Balaban J connectivity index is 1.65. The Kier molecular flexibility index (Phi) is 5.41. The number of aromatic amines is 1. The van der Waals surface area contributed by atoms with Gasteiger partial charge in [0.2, 0.25) is 5.13 Å². The van der Waals surface area contributed by atoms with Gasteiger partial charge in [0.1, 0.15) is 5.75 Å². The third kappa shape index (κ3) is 4.12. The number of hydrogen-bond donors (Lipinski definition) is 1. The number of aromatic nitrogens is 3. The molecule has 0 atom stereocenters. The van der Waals surface area contributed by atoms with Crippen LogP contribution in [0.2, 0.25) is 0 Å². The van der Waals surface area contributed by atoms with Crippen molar-refractivity contribution in [3.8, 4) is 22.1 Å². The lowest BCUT2D eigenvalue weighted by Crippen LogP contribution is -2.13. The normalized spacial score (nSPS) is 11.2. The van der Waals surface area contributed by atoms with Gasteiger partial charge in [-0.3, -0.25) is 20.0 Å². The second kappa shape index (κ2) is 8.32. The van der Waals surface area contributed by atoms with Crippen LogP contribution < -0.4 is 10.3 Å². The van der Waals surface area contributed by atoms with Crippen molar-refractivity contribution in [2.45, 2.75) is 6.92 Å². The Hall–Kier alpha value is -4.12. The lowest BCUT2D eigenvalue weighted by atomic mass is 10.1. The highest BCUT2D eigenvalue weighted by Crippen LogP contribution is 2.27. The predicted octanol–water partition coefficient (Wildman–Crippen LogP) is 4.93. The lowest BCUT2D eigenvalue weighted by molar-refractivity contribution is -0.384. The van der Waals surface area contributed by atoms with Gasteiger partial charge in [-0.15, -0.1) is 16.5 Å². The second-order valence-electron chi connectivity index (χ2n) is 6.45. The molecule has 0 aliphatic carbocycles. The molecule has 1 N–H and O–H groups in total. The zero-order valence-electron chi connectivity index (χ0n) is 16.5. The van der Waals surface area contributed by atoms with Gasteiger partial charge in [0.05, 0.1) is 29.1 Å². The number of aryl methyl sites for hydroxylation is 1. The smallest absolute Gasteiger partial charge is 0.301 e. The summed E-state index contributed by atoms with van der Waals surface area (Å²) in [7, 11) is 1.56. The minimum Gasteiger partial charge on any atom is -0.497 e. The number of thiazole rings is 1. The molecule has 0 amide bonds. The lowest BCUT2D eigenvalue weighted by Gasteiger charge is -1.98. The number of benzene rings is 2. The van der Waals surface area contributed by atoms with Crippen LogP contribution in [0.3, 0.4) is 0 Å². The molecule has 0 aliphatic rings. The molecule has 10 nitrogen and oxygen atoms in total. The number of nitrogens with one attached hydrogen (secondary N) is 1. The molecule has 31 heavy (non-hydrogen) atoms. The summed E-state index contributed by atoms with van der Waals surface area (Å²) in [5.41, 5.74) is 1.93. The molecule has 2 aromatic carbocycles. The molecule has 4 rings (SSSR count). The predicted molar refractivity (Wildman–Crippen MR) is 116 cm³/mol. The molecule has 0 aliphatic heterocycles. The van der Waals surface area contributed by atoms with Crippen LogP contribution in [0.1, 0.15) is 5.69 Å². The molecule has 0 unspecified atom stereocenters. The Bertz CT molecular complexity index is 1350. The molecule has 4 aromatic rings. The first-order valence-corrected chi connectivity index (χ1v) is 9.92. The van der Waals surface area contributed by atoms with Crippen LogP contribution in [-0.4, -0.2) is 26.8 Å². The molecule has 0 bridgehead atoms. The highest BCUT2D eigenvalue weighted by Gasteiger charge is 2.16. The fraction of sp³-hybridized carbons (Fsp3) is 0.100. The number of azo groups is 1. The van der Waals surface area contributed by atoms with Gasteiger partial charge in [-0.05, 0) is 19.1 Å². The Morgan fingerprint density at radius 2 is 2.00 bits per heavy atom. The number of hydrogen-bond acceptors (Lipinski definition) is 8. The van der Waals surface area contributed by atoms with E-state index in [1.165, 1.54) is 28.2 Å². The summed E-state index contributed by atoms with van der Waals surface area (Å²) in [6, 6.07) is 13.2. The van der Waals surface area contributed by atoms with Gasteiger partial charge < -0.3 is 4.74 Å². The van der Waals surface area contributed by atoms with Gasteiger partial charge in [-0.25, -0.2) is 4.98 Å². The van der Waals surface area contributed by atoms with Gasteiger partial charge in [0.15, 0.2) is 5.69 Å². The van der Waals surface area contributed by atoms with Crippen LogP contribution in [0.15, 0.2) is 68.9 Å². The first-order valence-electron chi connectivity index (χ1n) is 9.04. The van der Waals surface area contributed by atoms with Gasteiger partial charge in [-0.2, -0.15) is 9.80 Å². The molecule has 156 valence electrons. The number of nitrogens with zero attached hydrogens (tertiary/aromatic N) is 5. The Labute approximate surface area is 179 Å². The summed E-state index contributed by atoms with van der Waals surface area (Å²) in [6.07, 6.45) is 0. The summed E-state index contributed by atoms with van der Waals surface area (Å²) in [4.78, 5) is 27.8. The average molecular weight is 436 g/mol. The highest BCUT2D eigenvalue weighted by atomic mass is 32.1. The van der Waals surface area contributed by atoms with E-state index in [2.05, 4.69) is 20.3 Å². The first-order chi connectivity index (χ1) is 15.0. The number of nitro benzene ring substituents is 1. The maximum atomic E-state index is 12.9. The van der Waals surface area contributed by atoms with E-state index in [1.807, 2.05) is 0 Å². The van der Waals surface area contributed by atoms with E-state index < -0.39 is 10.5 Å². The van der Waals surface area contributed by atoms with Crippen molar-refractivity contribution in [3.63, 3.8) is 0 Å². The summed E-state index contributed by atoms with van der Waals surface area (Å²) in [5, 5.41) is 24.3. The molecule has 0 spiro atoms. The average Bonchev–Trinajstić information content (AvgIpc) is 3.37. The second-order valence-corrected chi connectivity index (χ2v) is 7.29. The fourth-order valence-corrected chi connectivity index (χ4v) is 3.64. The van der Waals surface area contributed by atoms with Crippen LogP contribution in [-0.2, 0) is 0 Å². The van der Waals surface area contributed by atoms with Crippen LogP contribution in [0.4, 0.5) is 17.1 Å². The zero-order valence-corrected chi connectivity index (χ0v) is 17.3. The van der Waals surface area contributed by atoms with Crippen LogP contribution >= 0.6 is 11.3 Å². The van der Waals surface area contributed by atoms with E-state index in [0.717, 1.165) is 0 Å². The minimum atomic E-state index is -0.463. The number of non-ortho nitro benzene ring substituents is 1. The van der Waals surface area contributed by atoms with E-state index in [9.17, 15) is 14.9 Å². The molecule has 0 radical (unpaired) electrons. The van der Waals surface area contributed by atoms with Crippen molar-refractivity contribution in [3.05, 3.63) is 80.1 Å². The van der Waals surface area contributed by atoms with Crippen molar-refractivity contribution in [1.82, 2.24) is 14.8 Å². The number of rotatable bonds is 6. The highest BCUT2D eigenvalue weighted by molar-refractivity contribution is 7.12. The first kappa shape index (κ1) is 20.2. The molecule has 0 saturated carbocycles. The quantitative estimate of drug-likeness (QED) is 0.260. The molecule has 2 heterocycles. The standard InChI is InChI=1S/C20H16N6O4S/c1-12-18(23-22-14-6-4-8-16(10-14)30-2)19(27)25(24-12)20-21-17(11-31-20)13-5-3-7-15(9-13)26(28)29/h3-11,24H,1-2H3. The summed E-state index contributed by atoms with van der Waals surface area (Å²) < 4.78 is 6.44. The van der Waals surface area contributed by atoms with Crippen molar-refractivity contribution in [2.75, 3.05) is 7.11 Å². The molecule has 11 heteroatoms. The molecule has 0 fully saturated rings. The monoisotopic (exact) mass is 436 g/mol. The molecule has 0 saturated heterocycles. The summed E-state index contributed by atoms with van der Waals surface area (Å²) in [6.45, 7) is 1.72. The third-order valence-electron chi connectivity index (χ3n) is 4.40. The molecule has 2 aromatic heterocycles. The SMILES string of the molecule is COc1cccc(N=Nc2c(C)[nH]n(-c3nc(-c4cccc([N+](=O)[O-])c4)cs3)c2=O)c1. The summed E-state index contributed by atoms with van der Waals surface area (Å²) >= 11 is 1.23. The number of H-pyrrole nitrogens is 1. The minimum absolute atomic E-state index is 0.0276. The van der Waals surface area contributed by atoms with Crippen LogP contribution in [0, 0.1) is 17.0 Å². The van der Waals surface area contributed by atoms with E-state index in [1.54, 1.807) is 55.8 Å². The van der Waals surface area contributed by atoms with E-state index >= 15 is 0 Å². The van der Waals surface area contributed by atoms with Gasteiger partial charge in [0, 0.05) is 29.1 Å². The maximum Gasteiger partial charge on any atom is 0.301 e. The zero-order chi connectivity index (χ0) is 22.0. The van der Waals surface area contributed by atoms with Gasteiger partial charge in [0.25, 0.3) is 5.69 Å².